The summed E-state index contributed by atoms with van der Waals surface area (Å²) in [6, 6.07) is 1.72. The van der Waals surface area contributed by atoms with Gasteiger partial charge < -0.3 is 19.7 Å². The van der Waals surface area contributed by atoms with Crippen molar-refractivity contribution in [2.24, 2.45) is 0 Å². The van der Waals surface area contributed by atoms with Crippen molar-refractivity contribution in [2.45, 2.75) is 110 Å². The van der Waals surface area contributed by atoms with Crippen molar-refractivity contribution < 1.29 is 29.3 Å². The van der Waals surface area contributed by atoms with Crippen molar-refractivity contribution in [1.82, 2.24) is 0 Å². The number of aromatic carboxylic acids is 1. The highest BCUT2D eigenvalue weighted by Gasteiger charge is 2.20. The molecule has 0 bridgehead atoms. The molecule has 0 aliphatic heterocycles. The van der Waals surface area contributed by atoms with E-state index >= 15 is 0 Å². The van der Waals surface area contributed by atoms with Crippen LogP contribution in [0.15, 0.2) is 18.2 Å². The minimum Gasteiger partial charge on any atom is -0.507 e. The fraction of sp³-hybridized carbons (Fsp3) is 0.643. The van der Waals surface area contributed by atoms with Crippen LogP contribution in [-0.4, -0.2) is 35.4 Å². The van der Waals surface area contributed by atoms with Crippen LogP contribution in [0.4, 0.5) is 0 Å². The number of esters is 1. The highest BCUT2D eigenvalue weighted by atomic mass is 16.5. The Balaban J connectivity index is 2.57. The normalized spacial score (nSPS) is 12.1. The largest absolute Gasteiger partial charge is 0.507 e. The molecule has 1 unspecified atom stereocenters. The van der Waals surface area contributed by atoms with E-state index in [0.717, 1.165) is 64.2 Å². The number of carbonyl (C=O) groups is 2. The number of benzene rings is 1. The molecule has 1 atom stereocenters. The van der Waals surface area contributed by atoms with Gasteiger partial charge in [0.05, 0.1) is 7.11 Å². The molecule has 0 saturated carbocycles. The average molecular weight is 477 g/mol. The number of allylic oxidation sites excluding steroid dienone is 1. The molecule has 0 fully saturated rings. The van der Waals surface area contributed by atoms with Gasteiger partial charge in [-0.05, 0) is 57.6 Å². The zero-order valence-electron chi connectivity index (χ0n) is 21.5. The molecule has 0 spiro atoms. The second-order valence-electron chi connectivity index (χ2n) is 9.02. The fourth-order valence-electron chi connectivity index (χ4n) is 3.99. The Kier molecular flexibility index (Phi) is 14.8. The zero-order chi connectivity index (χ0) is 25.3. The van der Waals surface area contributed by atoms with Gasteiger partial charge >= 0.3 is 11.9 Å². The molecule has 1 rings (SSSR count). The van der Waals surface area contributed by atoms with Gasteiger partial charge in [-0.2, -0.15) is 0 Å². The molecule has 6 heteroatoms. The van der Waals surface area contributed by atoms with Gasteiger partial charge in [-0.3, -0.25) is 4.79 Å². The Labute approximate surface area is 205 Å². The van der Waals surface area contributed by atoms with Crippen LogP contribution in [0.1, 0.15) is 112 Å². The molecule has 192 valence electrons. The lowest BCUT2D eigenvalue weighted by atomic mass is 10.0. The van der Waals surface area contributed by atoms with Crippen LogP contribution < -0.4 is 4.74 Å². The van der Waals surface area contributed by atoms with Gasteiger partial charge in [0.15, 0.2) is 0 Å². The molecule has 0 radical (unpaired) electrons. The number of carbonyl (C=O) groups excluding carboxylic acids is 1. The van der Waals surface area contributed by atoms with E-state index in [-0.39, 0.29) is 23.4 Å². The van der Waals surface area contributed by atoms with Gasteiger partial charge in [-0.15, -0.1) is 0 Å². The van der Waals surface area contributed by atoms with E-state index in [1.807, 2.05) is 0 Å². The SMILES string of the molecule is CCCCCCC(C/C=C\CCCCCCCC(=O)OC)Oc1cc(C)c(C(=O)O)c(O)c1C. The van der Waals surface area contributed by atoms with E-state index in [1.165, 1.54) is 20.0 Å². The molecule has 34 heavy (non-hydrogen) atoms. The Morgan fingerprint density at radius 2 is 1.68 bits per heavy atom. The number of ether oxygens (including phenoxy) is 2. The van der Waals surface area contributed by atoms with Crippen molar-refractivity contribution in [3.05, 3.63) is 34.9 Å². The second kappa shape index (κ2) is 17.0. The van der Waals surface area contributed by atoms with Gasteiger partial charge in [-0.25, -0.2) is 4.79 Å². The summed E-state index contributed by atoms with van der Waals surface area (Å²) in [5, 5.41) is 19.7. The Morgan fingerprint density at radius 3 is 2.35 bits per heavy atom. The Morgan fingerprint density at radius 1 is 1.00 bits per heavy atom. The lowest BCUT2D eigenvalue weighted by Gasteiger charge is -2.21. The first kappa shape index (κ1) is 29.5. The summed E-state index contributed by atoms with van der Waals surface area (Å²) in [7, 11) is 1.43. The minimum absolute atomic E-state index is 0.0143. The topological polar surface area (TPSA) is 93.1 Å². The van der Waals surface area contributed by atoms with Crippen LogP contribution in [0.25, 0.3) is 0 Å². The number of carboxylic acids is 1. The van der Waals surface area contributed by atoms with Crippen molar-refractivity contribution >= 4 is 11.9 Å². The predicted octanol–water partition coefficient (Wildman–Crippen LogP) is 7.28. The number of aryl methyl sites for hydroxylation is 1. The summed E-state index contributed by atoms with van der Waals surface area (Å²) in [6.45, 7) is 5.57. The summed E-state index contributed by atoms with van der Waals surface area (Å²) in [5.74, 6) is -0.921. The molecule has 0 aliphatic rings. The second-order valence-corrected chi connectivity index (χ2v) is 9.02. The van der Waals surface area contributed by atoms with E-state index in [9.17, 15) is 19.8 Å². The van der Waals surface area contributed by atoms with Crippen molar-refractivity contribution in [2.75, 3.05) is 7.11 Å². The summed E-state index contributed by atoms with van der Waals surface area (Å²) < 4.78 is 10.9. The van der Waals surface area contributed by atoms with E-state index in [0.29, 0.717) is 23.3 Å². The molecule has 2 N–H and O–H groups in total. The van der Waals surface area contributed by atoms with Gasteiger partial charge in [0.25, 0.3) is 0 Å². The lowest BCUT2D eigenvalue weighted by molar-refractivity contribution is -0.140. The van der Waals surface area contributed by atoms with Crippen molar-refractivity contribution in [3.63, 3.8) is 0 Å². The van der Waals surface area contributed by atoms with Crippen LogP contribution in [0, 0.1) is 13.8 Å². The first-order chi connectivity index (χ1) is 16.3. The molecule has 6 nitrogen and oxygen atoms in total. The average Bonchev–Trinajstić information content (AvgIpc) is 2.80. The van der Waals surface area contributed by atoms with Crippen LogP contribution in [0.3, 0.4) is 0 Å². The molecule has 1 aromatic rings. The third-order valence-corrected chi connectivity index (χ3v) is 6.14. The van der Waals surface area contributed by atoms with Gasteiger partial charge in [0.2, 0.25) is 0 Å². The monoisotopic (exact) mass is 476 g/mol. The number of phenols is 1. The summed E-state index contributed by atoms with van der Waals surface area (Å²) >= 11 is 0. The number of rotatable bonds is 18. The molecule has 0 saturated heterocycles. The maximum atomic E-state index is 11.4. The van der Waals surface area contributed by atoms with Crippen LogP contribution in [0.2, 0.25) is 0 Å². The maximum Gasteiger partial charge on any atom is 0.339 e. The maximum absolute atomic E-state index is 11.4. The minimum atomic E-state index is -1.13. The van der Waals surface area contributed by atoms with Gasteiger partial charge in [0.1, 0.15) is 23.2 Å². The standard InChI is InChI=1S/C28H44O6/c1-5-6-7-14-17-23(18-15-12-10-8-9-11-13-16-19-25(29)33-4)34-24-20-21(2)26(28(31)32)27(30)22(24)3/h12,15,20,23,30H,5-11,13-14,16-19H2,1-4H3,(H,31,32)/b15-12-. The number of methoxy groups -OCH3 is 1. The number of hydrogen-bond acceptors (Lipinski definition) is 5. The fourth-order valence-corrected chi connectivity index (χ4v) is 3.99. The molecule has 0 aromatic heterocycles. The van der Waals surface area contributed by atoms with Crippen LogP contribution in [-0.2, 0) is 9.53 Å². The summed E-state index contributed by atoms with van der Waals surface area (Å²) in [4.78, 5) is 22.5. The van der Waals surface area contributed by atoms with Gasteiger partial charge in [0, 0.05) is 18.4 Å². The van der Waals surface area contributed by atoms with Gasteiger partial charge in [-0.1, -0.05) is 57.6 Å². The lowest BCUT2D eigenvalue weighted by Crippen LogP contribution is -2.17. The molecule has 1 aromatic carbocycles. The molecule has 0 heterocycles. The summed E-state index contributed by atoms with van der Waals surface area (Å²) in [5.41, 5.74) is 0.907. The third-order valence-electron chi connectivity index (χ3n) is 6.14. The molecule has 0 aliphatic carbocycles. The smallest absolute Gasteiger partial charge is 0.339 e. The first-order valence-corrected chi connectivity index (χ1v) is 12.8. The predicted molar refractivity (Wildman–Crippen MR) is 136 cm³/mol. The summed E-state index contributed by atoms with van der Waals surface area (Å²) in [6.07, 6.45) is 17.6. The Bertz CT molecular complexity index is 784. The van der Waals surface area contributed by atoms with Crippen molar-refractivity contribution in [3.8, 4) is 11.5 Å². The molecular weight excluding hydrogens is 432 g/mol. The highest BCUT2D eigenvalue weighted by molar-refractivity contribution is 5.93. The third kappa shape index (κ3) is 11.1. The number of carboxylic acid groups (broad SMARTS) is 1. The van der Waals surface area contributed by atoms with Crippen molar-refractivity contribution in [1.29, 1.82) is 0 Å². The number of unbranched alkanes of at least 4 members (excludes halogenated alkanes) is 8. The van der Waals surface area contributed by atoms with E-state index < -0.39 is 5.97 Å². The quantitative estimate of drug-likeness (QED) is 0.131. The number of hydrogen-bond donors (Lipinski definition) is 2. The molecule has 0 amide bonds. The van der Waals surface area contributed by atoms with E-state index in [2.05, 4.69) is 23.8 Å². The van der Waals surface area contributed by atoms with Crippen LogP contribution >= 0.6 is 0 Å². The van der Waals surface area contributed by atoms with E-state index in [1.54, 1.807) is 19.9 Å². The highest BCUT2D eigenvalue weighted by Crippen LogP contribution is 2.34. The number of aromatic hydroxyl groups is 1. The molecular formula is C28H44O6. The Hall–Kier alpha value is -2.50. The van der Waals surface area contributed by atoms with Crippen LogP contribution in [0.5, 0.6) is 11.5 Å². The zero-order valence-corrected chi connectivity index (χ0v) is 21.5. The first-order valence-electron chi connectivity index (χ1n) is 12.8. The van der Waals surface area contributed by atoms with E-state index in [4.69, 9.17) is 4.74 Å².